The van der Waals surface area contributed by atoms with E-state index in [0.717, 1.165) is 17.6 Å². The summed E-state index contributed by atoms with van der Waals surface area (Å²) < 4.78 is 49.9. The number of oxazole rings is 1. The van der Waals surface area contributed by atoms with Crippen molar-refractivity contribution in [1.29, 1.82) is 0 Å². The molecule has 1 atom stereocenters. The largest absolute Gasteiger partial charge is 0.444 e. The average molecular weight is 901 g/mol. The van der Waals surface area contributed by atoms with Crippen LogP contribution in [0, 0.1) is 11.8 Å². The van der Waals surface area contributed by atoms with Gasteiger partial charge >= 0.3 is 5.69 Å². The number of ether oxygens (including phenoxy) is 2. The Morgan fingerprint density at radius 3 is 2.55 bits per heavy atom. The number of aryl methyl sites for hydroxylation is 2. The number of nitrogens with one attached hydrogen (secondary N) is 3. The van der Waals surface area contributed by atoms with Crippen molar-refractivity contribution in [3.05, 3.63) is 76.4 Å². The molecule has 4 aromatic heterocycles. The lowest BCUT2D eigenvalue weighted by molar-refractivity contribution is -0.137. The summed E-state index contributed by atoms with van der Waals surface area (Å²) in [4.78, 5) is 74.1. The van der Waals surface area contributed by atoms with Crippen LogP contribution in [0.15, 0.2) is 58.2 Å². The van der Waals surface area contributed by atoms with Crippen molar-refractivity contribution in [2.24, 2.45) is 18.9 Å². The molecule has 0 bridgehead atoms. The Labute approximate surface area is 373 Å². The summed E-state index contributed by atoms with van der Waals surface area (Å²) in [6.45, 7) is 2.75. The van der Waals surface area contributed by atoms with Crippen LogP contribution in [0.3, 0.4) is 0 Å². The number of likely N-dealkylation sites (N-methyl/N-ethyl adjacent to an activating group) is 1. The number of imide groups is 1. The first-order valence-corrected chi connectivity index (χ1v) is 22.2. The molecular formula is C45H54F2N10O8. The molecule has 3 aliphatic rings. The number of aromatic nitrogens is 6. The van der Waals surface area contributed by atoms with Crippen LogP contribution in [0.1, 0.15) is 98.0 Å². The number of carbonyl (C=O) groups is 4. The van der Waals surface area contributed by atoms with Gasteiger partial charge in [0.25, 0.3) is 12.3 Å². The second kappa shape index (κ2) is 20.3. The number of alkyl halides is 2. The van der Waals surface area contributed by atoms with E-state index in [1.54, 1.807) is 41.9 Å². The molecule has 346 valence electrons. The van der Waals surface area contributed by atoms with Gasteiger partial charge in [-0.05, 0) is 87.5 Å². The maximum atomic E-state index is 14.1. The van der Waals surface area contributed by atoms with E-state index in [2.05, 4.69) is 31.0 Å². The van der Waals surface area contributed by atoms with Crippen LogP contribution < -0.4 is 21.6 Å². The molecule has 1 aliphatic heterocycles. The molecule has 5 aromatic rings. The highest BCUT2D eigenvalue weighted by Crippen LogP contribution is 2.36. The third-order valence-electron chi connectivity index (χ3n) is 12.4. The van der Waals surface area contributed by atoms with Crippen LogP contribution >= 0.6 is 0 Å². The number of hydrogen-bond donors (Lipinski definition) is 3. The Morgan fingerprint density at radius 1 is 1.02 bits per heavy atom. The second-order valence-corrected chi connectivity index (χ2v) is 17.0. The van der Waals surface area contributed by atoms with Gasteiger partial charge in [0.2, 0.25) is 23.6 Å². The van der Waals surface area contributed by atoms with Gasteiger partial charge in [-0.15, -0.1) is 0 Å². The third kappa shape index (κ3) is 10.6. The van der Waals surface area contributed by atoms with Gasteiger partial charge < -0.3 is 29.4 Å². The fraction of sp³-hybridized carbons (Fsp3) is 0.511. The number of piperidine rings is 1. The summed E-state index contributed by atoms with van der Waals surface area (Å²) in [6.07, 6.45) is 7.68. The number of amides is 4. The molecule has 1 saturated heterocycles. The van der Waals surface area contributed by atoms with Crippen molar-refractivity contribution in [2.45, 2.75) is 82.7 Å². The molecule has 1 unspecified atom stereocenters. The predicted octanol–water partition coefficient (Wildman–Crippen LogP) is 5.43. The van der Waals surface area contributed by atoms with Crippen LogP contribution in [-0.4, -0.2) is 104 Å². The zero-order chi connectivity index (χ0) is 45.6. The summed E-state index contributed by atoms with van der Waals surface area (Å²) in [5, 5.41) is 12.3. The lowest BCUT2D eigenvalue weighted by Crippen LogP contribution is -2.44. The van der Waals surface area contributed by atoms with Gasteiger partial charge in [0.15, 0.2) is 11.4 Å². The molecule has 3 N–H and O–H groups in total. The number of benzene rings is 1. The number of para-hydroxylation sites is 1. The number of nitrogens with zero attached hydrogens (tertiary/aromatic N) is 7. The zero-order valence-corrected chi connectivity index (χ0v) is 36.5. The summed E-state index contributed by atoms with van der Waals surface area (Å²) in [7, 11) is 3.42. The molecule has 8 rings (SSSR count). The fourth-order valence-corrected chi connectivity index (χ4v) is 8.63. The Hall–Kier alpha value is -6.28. The first-order valence-electron chi connectivity index (χ1n) is 22.2. The summed E-state index contributed by atoms with van der Waals surface area (Å²) >= 11 is 0. The minimum absolute atomic E-state index is 0.00514. The summed E-state index contributed by atoms with van der Waals surface area (Å²) in [5.41, 5.74) is 1.94. The van der Waals surface area contributed by atoms with Gasteiger partial charge in [-0.2, -0.15) is 5.10 Å². The number of imidazole rings is 1. The molecule has 5 heterocycles. The second-order valence-electron chi connectivity index (χ2n) is 17.0. The first kappa shape index (κ1) is 45.3. The van der Waals surface area contributed by atoms with Crippen LogP contribution in [0.25, 0.3) is 22.5 Å². The Kier molecular flexibility index (Phi) is 14.1. The topological polar surface area (TPSA) is 210 Å². The molecule has 4 amide bonds. The fourth-order valence-electron chi connectivity index (χ4n) is 8.63. The van der Waals surface area contributed by atoms with Crippen LogP contribution in [0.4, 0.5) is 20.3 Å². The maximum Gasteiger partial charge on any atom is 0.329 e. The van der Waals surface area contributed by atoms with Crippen LogP contribution in [0.5, 0.6) is 0 Å². The SMILES string of the molecule is CN(CCOCCOCCCc1cccc2c1n(C)c(=O)n2C1CCC(=O)NC1=O)C(=O)[C@H]1CC[C@H](n2cc(NC(=O)c3coc(-c4ccnc(NCC5CC5)c4)n3)c(C(F)F)n2)CC1. The Morgan fingerprint density at radius 2 is 1.80 bits per heavy atom. The highest BCUT2D eigenvalue weighted by molar-refractivity contribution is 6.03. The molecule has 18 nitrogen and oxygen atoms in total. The van der Waals surface area contributed by atoms with E-state index in [-0.39, 0.29) is 59.6 Å². The predicted molar refractivity (Wildman–Crippen MR) is 233 cm³/mol. The van der Waals surface area contributed by atoms with Crippen molar-refractivity contribution < 1.29 is 41.8 Å². The van der Waals surface area contributed by atoms with Crippen molar-refractivity contribution in [3.63, 3.8) is 0 Å². The zero-order valence-electron chi connectivity index (χ0n) is 36.5. The summed E-state index contributed by atoms with van der Waals surface area (Å²) in [5.74, 6) is -0.226. The van der Waals surface area contributed by atoms with E-state index in [9.17, 15) is 32.8 Å². The van der Waals surface area contributed by atoms with E-state index in [0.29, 0.717) is 94.3 Å². The van der Waals surface area contributed by atoms with Crippen LogP contribution in [-0.2, 0) is 37.3 Å². The number of hydrogen-bond acceptors (Lipinski definition) is 12. The number of rotatable bonds is 20. The summed E-state index contributed by atoms with van der Waals surface area (Å²) in [6, 6.07) is 8.15. The smallest absolute Gasteiger partial charge is 0.329 e. The lowest BCUT2D eigenvalue weighted by atomic mass is 9.85. The normalized spacial score (nSPS) is 18.9. The van der Waals surface area contributed by atoms with Gasteiger partial charge in [-0.25, -0.2) is 23.5 Å². The molecule has 3 fully saturated rings. The Bertz CT molecular complexity index is 2570. The van der Waals surface area contributed by atoms with Crippen molar-refractivity contribution in [2.75, 3.05) is 57.2 Å². The molecule has 1 aromatic carbocycles. The minimum Gasteiger partial charge on any atom is -0.444 e. The van der Waals surface area contributed by atoms with Gasteiger partial charge in [0.05, 0.1) is 42.6 Å². The number of pyridine rings is 1. The number of anilines is 2. The number of carbonyl (C=O) groups excluding carboxylic acids is 4. The molecule has 0 spiro atoms. The first-order chi connectivity index (χ1) is 31.4. The highest BCUT2D eigenvalue weighted by atomic mass is 19.3. The quantitative estimate of drug-likeness (QED) is 0.0660. The van der Waals surface area contributed by atoms with Crippen LogP contribution in [0.2, 0.25) is 0 Å². The highest BCUT2D eigenvalue weighted by Gasteiger charge is 2.33. The van der Waals surface area contributed by atoms with Gasteiger partial charge in [-0.1, -0.05) is 12.1 Å². The van der Waals surface area contributed by atoms with Crippen molar-refractivity contribution in [1.82, 2.24) is 39.1 Å². The number of fused-ring (bicyclic) bond motifs is 1. The van der Waals surface area contributed by atoms with Crippen molar-refractivity contribution >= 4 is 46.2 Å². The van der Waals surface area contributed by atoms with Gasteiger partial charge in [0, 0.05) is 64.1 Å². The standard InChI is InChI=1S/C45H54F2N10O8/c1-54(18-20-64-22-21-63-19-4-6-28-5-3-7-34-39(28)55(2)45(62)57(34)35-14-15-37(58)52-42(35)60)44(61)29-10-12-31(13-11-29)56-25-32(38(53-56)40(46)47)50-41(59)33-26-65-43(51-33)30-16-17-48-36(23-30)49-24-27-8-9-27/h3,5,7,16-17,23,25-27,29,31,35,40H,4,6,8-15,18-22,24H2,1-2H3,(H,48,49)(H,50,59)(H,52,58,60)/t29-,31-,35?. The lowest BCUT2D eigenvalue weighted by Gasteiger charge is -2.30. The van der Waals surface area contributed by atoms with E-state index in [1.807, 2.05) is 18.2 Å². The molecular weight excluding hydrogens is 847 g/mol. The Balaban J connectivity index is 0.735. The molecule has 65 heavy (non-hydrogen) atoms. The third-order valence-corrected chi connectivity index (χ3v) is 12.4. The van der Waals surface area contributed by atoms with E-state index >= 15 is 0 Å². The van der Waals surface area contributed by atoms with E-state index in [4.69, 9.17) is 13.9 Å². The molecule has 0 radical (unpaired) electrons. The monoisotopic (exact) mass is 900 g/mol. The maximum absolute atomic E-state index is 14.1. The van der Waals surface area contributed by atoms with E-state index in [1.165, 1.54) is 34.6 Å². The average Bonchev–Trinajstić information content (AvgIpc) is 3.71. The number of halogens is 2. The molecule has 20 heteroatoms. The molecule has 2 saturated carbocycles. The van der Waals surface area contributed by atoms with E-state index < -0.39 is 30.0 Å². The minimum atomic E-state index is -2.93. The van der Waals surface area contributed by atoms with Gasteiger partial charge in [0.1, 0.15) is 18.1 Å². The molecule has 2 aliphatic carbocycles. The van der Waals surface area contributed by atoms with Crippen molar-refractivity contribution in [3.8, 4) is 11.5 Å². The van der Waals surface area contributed by atoms with Gasteiger partial charge in [-0.3, -0.25) is 38.3 Å².